The summed E-state index contributed by atoms with van der Waals surface area (Å²) in [5, 5.41) is 0. The standard InChI is InChI=1S/C14H24O2/c15-14(10-9-13-8-5-11-16-13)12-6-3-1-2-4-7-12/h12-13H,1-11H2. The molecule has 1 aliphatic heterocycles. The van der Waals surface area contributed by atoms with E-state index in [0.29, 0.717) is 17.8 Å². The Morgan fingerprint density at radius 2 is 1.75 bits per heavy atom. The van der Waals surface area contributed by atoms with Crippen molar-refractivity contribution in [2.24, 2.45) is 5.92 Å². The molecule has 1 aliphatic carbocycles. The van der Waals surface area contributed by atoms with Gasteiger partial charge in [0.2, 0.25) is 0 Å². The first-order chi connectivity index (χ1) is 7.86. The summed E-state index contributed by atoms with van der Waals surface area (Å²) >= 11 is 0. The van der Waals surface area contributed by atoms with Crippen molar-refractivity contribution in [1.82, 2.24) is 0 Å². The van der Waals surface area contributed by atoms with Crippen LogP contribution in [0.2, 0.25) is 0 Å². The molecule has 2 nitrogen and oxygen atoms in total. The van der Waals surface area contributed by atoms with Crippen molar-refractivity contribution in [3.8, 4) is 0 Å². The van der Waals surface area contributed by atoms with Crippen LogP contribution >= 0.6 is 0 Å². The van der Waals surface area contributed by atoms with Gasteiger partial charge in [0.05, 0.1) is 6.10 Å². The Morgan fingerprint density at radius 1 is 1.00 bits per heavy atom. The number of ether oxygens (including phenoxy) is 1. The fourth-order valence-corrected chi connectivity index (χ4v) is 2.98. The Morgan fingerprint density at radius 3 is 2.38 bits per heavy atom. The van der Waals surface area contributed by atoms with Crippen molar-refractivity contribution < 1.29 is 9.53 Å². The first-order valence-electron chi connectivity index (χ1n) is 7.00. The van der Waals surface area contributed by atoms with Gasteiger partial charge >= 0.3 is 0 Å². The van der Waals surface area contributed by atoms with Gasteiger partial charge in [-0.1, -0.05) is 25.7 Å². The van der Waals surface area contributed by atoms with E-state index < -0.39 is 0 Å². The summed E-state index contributed by atoms with van der Waals surface area (Å²) in [4.78, 5) is 12.1. The van der Waals surface area contributed by atoms with E-state index in [1.165, 1.54) is 32.1 Å². The van der Waals surface area contributed by atoms with Crippen LogP contribution in [0.4, 0.5) is 0 Å². The molecule has 2 aliphatic rings. The van der Waals surface area contributed by atoms with E-state index in [1.54, 1.807) is 0 Å². The number of carbonyl (C=O) groups is 1. The minimum Gasteiger partial charge on any atom is -0.378 e. The number of carbonyl (C=O) groups excluding carboxylic acids is 1. The fraction of sp³-hybridized carbons (Fsp3) is 0.929. The van der Waals surface area contributed by atoms with E-state index >= 15 is 0 Å². The molecule has 0 N–H and O–H groups in total. The maximum absolute atomic E-state index is 12.1. The minimum atomic E-state index is 0.379. The monoisotopic (exact) mass is 224 g/mol. The van der Waals surface area contributed by atoms with Crippen LogP contribution in [-0.4, -0.2) is 18.5 Å². The van der Waals surface area contributed by atoms with E-state index in [9.17, 15) is 4.79 Å². The molecule has 2 rings (SSSR count). The molecular formula is C14H24O2. The van der Waals surface area contributed by atoms with E-state index in [1.807, 2.05) is 0 Å². The largest absolute Gasteiger partial charge is 0.378 e. The lowest BCUT2D eigenvalue weighted by Crippen LogP contribution is -2.16. The van der Waals surface area contributed by atoms with Crippen LogP contribution in [0.5, 0.6) is 0 Å². The predicted molar refractivity (Wildman–Crippen MR) is 64.4 cm³/mol. The third-order valence-electron chi connectivity index (χ3n) is 4.05. The Bertz CT molecular complexity index is 211. The third kappa shape index (κ3) is 3.58. The van der Waals surface area contributed by atoms with E-state index in [-0.39, 0.29) is 0 Å². The lowest BCUT2D eigenvalue weighted by Gasteiger charge is -2.14. The van der Waals surface area contributed by atoms with Crippen molar-refractivity contribution in [3.05, 3.63) is 0 Å². The molecule has 16 heavy (non-hydrogen) atoms. The van der Waals surface area contributed by atoms with Gasteiger partial charge in [-0.2, -0.15) is 0 Å². The highest BCUT2D eigenvalue weighted by Gasteiger charge is 2.22. The van der Waals surface area contributed by atoms with Gasteiger partial charge in [-0.15, -0.1) is 0 Å². The predicted octanol–water partition coefficient (Wildman–Crippen LogP) is 3.49. The van der Waals surface area contributed by atoms with E-state index in [0.717, 1.165) is 38.7 Å². The van der Waals surface area contributed by atoms with Crippen LogP contribution in [-0.2, 0) is 9.53 Å². The molecule has 0 bridgehead atoms. The molecule has 1 heterocycles. The molecule has 1 saturated heterocycles. The molecule has 0 aromatic rings. The summed E-state index contributed by atoms with van der Waals surface area (Å²) in [6, 6.07) is 0. The first kappa shape index (κ1) is 12.1. The Hall–Kier alpha value is -0.370. The van der Waals surface area contributed by atoms with Gasteiger partial charge in [-0.05, 0) is 32.1 Å². The van der Waals surface area contributed by atoms with Crippen LogP contribution in [0.25, 0.3) is 0 Å². The van der Waals surface area contributed by atoms with Crippen molar-refractivity contribution in [3.63, 3.8) is 0 Å². The highest BCUT2D eigenvalue weighted by molar-refractivity contribution is 5.80. The molecule has 92 valence electrons. The average Bonchev–Trinajstić information content (AvgIpc) is 2.66. The second-order valence-electron chi connectivity index (χ2n) is 5.33. The molecule has 0 spiro atoms. The molecular weight excluding hydrogens is 200 g/mol. The smallest absolute Gasteiger partial charge is 0.136 e. The summed E-state index contributed by atoms with van der Waals surface area (Å²) in [5.74, 6) is 0.890. The van der Waals surface area contributed by atoms with Gasteiger partial charge < -0.3 is 4.74 Å². The molecule has 1 atom stereocenters. The summed E-state index contributed by atoms with van der Waals surface area (Å²) in [7, 11) is 0. The van der Waals surface area contributed by atoms with Crippen molar-refractivity contribution in [1.29, 1.82) is 0 Å². The number of Topliss-reactive ketones (excluding diaryl/α,β-unsaturated/α-hetero) is 1. The molecule has 0 aromatic carbocycles. The van der Waals surface area contributed by atoms with Crippen molar-refractivity contribution >= 4 is 5.78 Å². The van der Waals surface area contributed by atoms with Crippen molar-refractivity contribution in [2.45, 2.75) is 70.3 Å². The third-order valence-corrected chi connectivity index (χ3v) is 4.05. The highest BCUT2D eigenvalue weighted by atomic mass is 16.5. The molecule has 2 heteroatoms. The normalized spacial score (nSPS) is 27.9. The van der Waals surface area contributed by atoms with Gasteiger partial charge in [0.15, 0.2) is 0 Å². The average molecular weight is 224 g/mol. The van der Waals surface area contributed by atoms with Crippen LogP contribution in [0.15, 0.2) is 0 Å². The Kier molecular flexibility index (Phi) is 4.83. The van der Waals surface area contributed by atoms with Gasteiger partial charge in [0.1, 0.15) is 5.78 Å². The lowest BCUT2D eigenvalue weighted by atomic mass is 9.92. The van der Waals surface area contributed by atoms with Crippen LogP contribution < -0.4 is 0 Å². The quantitative estimate of drug-likeness (QED) is 0.683. The second-order valence-corrected chi connectivity index (χ2v) is 5.33. The molecule has 2 fully saturated rings. The van der Waals surface area contributed by atoms with E-state index in [2.05, 4.69) is 0 Å². The zero-order valence-corrected chi connectivity index (χ0v) is 10.2. The topological polar surface area (TPSA) is 26.3 Å². The molecule has 0 aromatic heterocycles. The van der Waals surface area contributed by atoms with Crippen LogP contribution in [0.3, 0.4) is 0 Å². The maximum Gasteiger partial charge on any atom is 0.136 e. The number of hydrogen-bond donors (Lipinski definition) is 0. The fourth-order valence-electron chi connectivity index (χ4n) is 2.98. The second kappa shape index (κ2) is 6.39. The van der Waals surface area contributed by atoms with E-state index in [4.69, 9.17) is 4.74 Å². The number of ketones is 1. The molecule has 1 unspecified atom stereocenters. The highest BCUT2D eigenvalue weighted by Crippen LogP contribution is 2.26. The zero-order valence-electron chi connectivity index (χ0n) is 10.2. The lowest BCUT2D eigenvalue weighted by molar-refractivity contribution is -0.123. The van der Waals surface area contributed by atoms with Crippen LogP contribution in [0.1, 0.15) is 64.2 Å². The number of rotatable bonds is 4. The van der Waals surface area contributed by atoms with Gasteiger partial charge in [0, 0.05) is 18.9 Å². The van der Waals surface area contributed by atoms with Crippen molar-refractivity contribution in [2.75, 3.05) is 6.61 Å². The summed E-state index contributed by atoms with van der Waals surface area (Å²) < 4.78 is 5.56. The number of hydrogen-bond acceptors (Lipinski definition) is 2. The summed E-state index contributed by atoms with van der Waals surface area (Å²) in [6.45, 7) is 0.905. The minimum absolute atomic E-state index is 0.379. The molecule has 0 amide bonds. The summed E-state index contributed by atoms with van der Waals surface area (Å²) in [6.07, 6.45) is 11.9. The summed E-state index contributed by atoms with van der Waals surface area (Å²) in [5.41, 5.74) is 0. The molecule has 1 saturated carbocycles. The Labute approximate surface area is 98.7 Å². The zero-order chi connectivity index (χ0) is 11.2. The maximum atomic E-state index is 12.1. The van der Waals surface area contributed by atoms with Gasteiger partial charge in [0.25, 0.3) is 0 Å². The van der Waals surface area contributed by atoms with Gasteiger partial charge in [-0.3, -0.25) is 4.79 Å². The SMILES string of the molecule is O=C(CCC1CCCO1)C1CCCCCC1. The van der Waals surface area contributed by atoms with Gasteiger partial charge in [-0.25, -0.2) is 0 Å². The van der Waals surface area contributed by atoms with Crippen LogP contribution in [0, 0.1) is 5.92 Å². The Balaban J connectivity index is 1.69. The molecule has 0 radical (unpaired) electrons. The first-order valence-corrected chi connectivity index (χ1v) is 7.00.